The Balaban J connectivity index is 3.64. The van der Waals surface area contributed by atoms with E-state index in [1.165, 1.54) is 33.0 Å². The summed E-state index contributed by atoms with van der Waals surface area (Å²) < 4.78 is 4.61. The number of esters is 1. The van der Waals surface area contributed by atoms with Gasteiger partial charge >= 0.3 is 5.97 Å². The zero-order valence-corrected chi connectivity index (χ0v) is 14.5. The van der Waals surface area contributed by atoms with Gasteiger partial charge in [0.1, 0.15) is 0 Å². The molecule has 0 saturated heterocycles. The summed E-state index contributed by atoms with van der Waals surface area (Å²) in [6, 6.07) is 0. The number of ether oxygens (including phenoxy) is 1. The molecule has 0 aromatic rings. The molecule has 126 valence electrons. The second kappa shape index (κ2) is 14.3. The summed E-state index contributed by atoms with van der Waals surface area (Å²) in [5.41, 5.74) is 0. The fourth-order valence-electron chi connectivity index (χ4n) is 2.34. The largest absolute Gasteiger partial charge is 0.469 e. The van der Waals surface area contributed by atoms with E-state index in [0.717, 1.165) is 32.7 Å². The second-order valence-electron chi connectivity index (χ2n) is 5.30. The molecule has 5 heteroatoms. The van der Waals surface area contributed by atoms with Crippen LogP contribution >= 0.6 is 0 Å². The van der Waals surface area contributed by atoms with Crippen molar-refractivity contribution in [1.82, 2.24) is 15.1 Å². The van der Waals surface area contributed by atoms with Crippen LogP contribution in [0.25, 0.3) is 0 Å². The molecule has 0 saturated carbocycles. The standard InChI is InChI=1S/C16H35N3O2/c1-5-12-18(6-2)13-8-14-19(7-3)15-11-17-10-9-16(20)21-4/h17H,5-15H2,1-4H3. The minimum absolute atomic E-state index is 0.148. The van der Waals surface area contributed by atoms with Crippen LogP contribution in [0.5, 0.6) is 0 Å². The van der Waals surface area contributed by atoms with E-state index in [1.807, 2.05) is 0 Å². The Bertz CT molecular complexity index is 250. The van der Waals surface area contributed by atoms with E-state index >= 15 is 0 Å². The third-order valence-corrected chi connectivity index (χ3v) is 3.72. The maximum atomic E-state index is 11.0. The fraction of sp³-hybridized carbons (Fsp3) is 0.938. The van der Waals surface area contributed by atoms with Crippen molar-refractivity contribution < 1.29 is 9.53 Å². The highest BCUT2D eigenvalue weighted by molar-refractivity contribution is 5.69. The van der Waals surface area contributed by atoms with Crippen LogP contribution in [0, 0.1) is 0 Å². The molecule has 1 N–H and O–H groups in total. The van der Waals surface area contributed by atoms with Gasteiger partial charge in [0.2, 0.25) is 0 Å². The summed E-state index contributed by atoms with van der Waals surface area (Å²) in [4.78, 5) is 16.0. The van der Waals surface area contributed by atoms with Gasteiger partial charge in [0.15, 0.2) is 0 Å². The molecular weight excluding hydrogens is 266 g/mol. The molecular formula is C16H35N3O2. The van der Waals surface area contributed by atoms with Crippen LogP contribution < -0.4 is 5.32 Å². The summed E-state index contributed by atoms with van der Waals surface area (Å²) in [5, 5.41) is 3.29. The minimum atomic E-state index is -0.148. The molecule has 0 unspecified atom stereocenters. The summed E-state index contributed by atoms with van der Waals surface area (Å²) in [7, 11) is 1.43. The molecule has 0 bridgehead atoms. The van der Waals surface area contributed by atoms with Crippen molar-refractivity contribution in [2.24, 2.45) is 0 Å². The second-order valence-corrected chi connectivity index (χ2v) is 5.30. The van der Waals surface area contributed by atoms with E-state index in [1.54, 1.807) is 0 Å². The lowest BCUT2D eigenvalue weighted by atomic mass is 10.3. The molecule has 21 heavy (non-hydrogen) atoms. The quantitative estimate of drug-likeness (QED) is 0.390. The van der Waals surface area contributed by atoms with Gasteiger partial charge in [-0.1, -0.05) is 20.8 Å². The number of methoxy groups -OCH3 is 1. The molecule has 0 aromatic carbocycles. The smallest absolute Gasteiger partial charge is 0.306 e. The van der Waals surface area contributed by atoms with Crippen LogP contribution in [-0.2, 0) is 9.53 Å². The molecule has 0 aliphatic carbocycles. The summed E-state index contributed by atoms with van der Waals surface area (Å²) >= 11 is 0. The minimum Gasteiger partial charge on any atom is -0.469 e. The number of nitrogens with one attached hydrogen (secondary N) is 1. The van der Waals surface area contributed by atoms with E-state index < -0.39 is 0 Å². The Kier molecular flexibility index (Phi) is 13.9. The Morgan fingerprint density at radius 2 is 1.57 bits per heavy atom. The van der Waals surface area contributed by atoms with Gasteiger partial charge in [-0.3, -0.25) is 4.79 Å². The third-order valence-electron chi connectivity index (χ3n) is 3.72. The predicted molar refractivity (Wildman–Crippen MR) is 88.6 cm³/mol. The van der Waals surface area contributed by atoms with E-state index in [9.17, 15) is 4.79 Å². The first-order valence-electron chi connectivity index (χ1n) is 8.40. The van der Waals surface area contributed by atoms with Crippen molar-refractivity contribution >= 4 is 5.97 Å². The number of carbonyl (C=O) groups is 1. The van der Waals surface area contributed by atoms with Crippen LogP contribution in [0.1, 0.15) is 40.0 Å². The van der Waals surface area contributed by atoms with Crippen LogP contribution in [-0.4, -0.2) is 75.2 Å². The van der Waals surface area contributed by atoms with Gasteiger partial charge in [-0.15, -0.1) is 0 Å². The number of carbonyl (C=O) groups excluding carboxylic acids is 1. The normalized spacial score (nSPS) is 11.3. The highest BCUT2D eigenvalue weighted by Crippen LogP contribution is 1.96. The molecule has 0 heterocycles. The summed E-state index contributed by atoms with van der Waals surface area (Å²) in [6.07, 6.45) is 2.91. The average Bonchev–Trinajstić information content (AvgIpc) is 2.51. The van der Waals surface area contributed by atoms with Gasteiger partial charge in [0.05, 0.1) is 13.5 Å². The SMILES string of the molecule is CCCN(CC)CCCN(CC)CCNCCC(=O)OC. The average molecular weight is 301 g/mol. The molecule has 0 aliphatic rings. The maximum Gasteiger partial charge on any atom is 0.306 e. The highest BCUT2D eigenvalue weighted by Gasteiger charge is 2.05. The van der Waals surface area contributed by atoms with E-state index in [0.29, 0.717) is 13.0 Å². The summed E-state index contributed by atoms with van der Waals surface area (Å²) in [6.45, 7) is 15.1. The van der Waals surface area contributed by atoms with Gasteiger partial charge in [-0.2, -0.15) is 0 Å². The molecule has 0 aliphatic heterocycles. The molecule has 0 amide bonds. The molecule has 0 radical (unpaired) electrons. The number of hydrogen-bond acceptors (Lipinski definition) is 5. The lowest BCUT2D eigenvalue weighted by Crippen LogP contribution is -2.35. The maximum absolute atomic E-state index is 11.0. The van der Waals surface area contributed by atoms with Crippen molar-refractivity contribution in [3.63, 3.8) is 0 Å². The van der Waals surface area contributed by atoms with Gasteiger partial charge < -0.3 is 19.9 Å². The first-order valence-corrected chi connectivity index (χ1v) is 8.40. The highest BCUT2D eigenvalue weighted by atomic mass is 16.5. The third kappa shape index (κ3) is 11.7. The molecule has 0 fully saturated rings. The number of rotatable bonds is 14. The van der Waals surface area contributed by atoms with E-state index in [2.05, 4.69) is 40.6 Å². The predicted octanol–water partition coefficient (Wildman–Crippen LogP) is 1.58. The Morgan fingerprint density at radius 1 is 0.952 bits per heavy atom. The first-order chi connectivity index (χ1) is 10.2. The van der Waals surface area contributed by atoms with E-state index in [4.69, 9.17) is 0 Å². The van der Waals surface area contributed by atoms with Crippen molar-refractivity contribution in [2.45, 2.75) is 40.0 Å². The number of nitrogens with zero attached hydrogens (tertiary/aromatic N) is 2. The monoisotopic (exact) mass is 301 g/mol. The Hall–Kier alpha value is -0.650. The van der Waals surface area contributed by atoms with Gasteiger partial charge in [0, 0.05) is 19.6 Å². The van der Waals surface area contributed by atoms with Crippen molar-refractivity contribution in [3.8, 4) is 0 Å². The zero-order chi connectivity index (χ0) is 15.9. The molecule has 0 rings (SSSR count). The van der Waals surface area contributed by atoms with Crippen molar-refractivity contribution in [2.75, 3.05) is 59.5 Å². The summed E-state index contributed by atoms with van der Waals surface area (Å²) in [5.74, 6) is -0.148. The fourth-order valence-corrected chi connectivity index (χ4v) is 2.34. The zero-order valence-electron chi connectivity index (χ0n) is 14.5. The first kappa shape index (κ1) is 20.3. The number of hydrogen-bond donors (Lipinski definition) is 1. The van der Waals surface area contributed by atoms with E-state index in [-0.39, 0.29) is 5.97 Å². The lowest BCUT2D eigenvalue weighted by Gasteiger charge is -2.24. The van der Waals surface area contributed by atoms with Crippen LogP contribution in [0.2, 0.25) is 0 Å². The topological polar surface area (TPSA) is 44.8 Å². The molecule has 5 nitrogen and oxygen atoms in total. The lowest BCUT2D eigenvalue weighted by molar-refractivity contribution is -0.140. The van der Waals surface area contributed by atoms with Crippen LogP contribution in [0.4, 0.5) is 0 Å². The van der Waals surface area contributed by atoms with Crippen LogP contribution in [0.15, 0.2) is 0 Å². The van der Waals surface area contributed by atoms with Crippen molar-refractivity contribution in [3.05, 3.63) is 0 Å². The van der Waals surface area contributed by atoms with Gasteiger partial charge in [0.25, 0.3) is 0 Å². The van der Waals surface area contributed by atoms with Gasteiger partial charge in [-0.05, 0) is 45.6 Å². The Morgan fingerprint density at radius 3 is 2.10 bits per heavy atom. The van der Waals surface area contributed by atoms with Crippen LogP contribution in [0.3, 0.4) is 0 Å². The van der Waals surface area contributed by atoms with Gasteiger partial charge in [-0.25, -0.2) is 0 Å². The molecule has 0 spiro atoms. The molecule has 0 atom stereocenters. The Labute approximate surface area is 131 Å². The van der Waals surface area contributed by atoms with Crippen molar-refractivity contribution in [1.29, 1.82) is 0 Å². The number of likely N-dealkylation sites (N-methyl/N-ethyl adjacent to an activating group) is 1. The molecule has 0 aromatic heterocycles.